The van der Waals surface area contributed by atoms with E-state index in [1.807, 2.05) is 0 Å². The fourth-order valence-electron chi connectivity index (χ4n) is 0.462. The van der Waals surface area contributed by atoms with Crippen LogP contribution in [0.2, 0.25) is 0 Å². The monoisotopic (exact) mass is 126 g/mol. The Hall–Kier alpha value is -0.920. The highest BCUT2D eigenvalue weighted by atomic mass is 16.1. The zero-order valence-electron chi connectivity index (χ0n) is 5.30. The quantitative estimate of drug-likeness (QED) is 0.314. The molecule has 2 heteroatoms. The molecule has 0 radical (unpaired) electrons. The first-order valence-electron chi connectivity index (χ1n) is 2.90. The molecule has 0 spiro atoms. The molecule has 0 saturated heterocycles. The van der Waals surface area contributed by atoms with Gasteiger partial charge in [-0.3, -0.25) is 4.79 Å². The second-order valence-electron chi connectivity index (χ2n) is 1.73. The van der Waals surface area contributed by atoms with Crippen LogP contribution in [0.4, 0.5) is 0 Å². The molecule has 0 unspecified atom stereocenters. The Morgan fingerprint density at radius 3 is 2.67 bits per heavy atom. The first-order valence-corrected chi connectivity index (χ1v) is 2.90. The average Bonchev–Trinajstić information content (AvgIpc) is 1.89. The molecule has 0 aromatic rings. The second kappa shape index (κ2) is 5.22. The summed E-state index contributed by atoms with van der Waals surface area (Å²) in [5, 5.41) is 0. The van der Waals surface area contributed by atoms with E-state index in [1.54, 1.807) is 0 Å². The predicted octanol–water partition coefficient (Wildman–Crippen LogP) is 1.11. The Morgan fingerprint density at radius 1 is 1.56 bits per heavy atom. The van der Waals surface area contributed by atoms with E-state index in [1.165, 1.54) is 6.08 Å². The van der Waals surface area contributed by atoms with Crippen molar-refractivity contribution in [3.63, 3.8) is 0 Å². The van der Waals surface area contributed by atoms with E-state index in [9.17, 15) is 9.59 Å². The van der Waals surface area contributed by atoms with Crippen molar-refractivity contribution in [1.82, 2.24) is 0 Å². The van der Waals surface area contributed by atoms with E-state index >= 15 is 0 Å². The summed E-state index contributed by atoms with van der Waals surface area (Å²) in [5.41, 5.74) is 0. The summed E-state index contributed by atoms with van der Waals surface area (Å²) in [6.45, 7) is 3.30. The van der Waals surface area contributed by atoms with Gasteiger partial charge >= 0.3 is 0 Å². The Kier molecular flexibility index (Phi) is 4.69. The van der Waals surface area contributed by atoms with Crippen LogP contribution >= 0.6 is 0 Å². The maximum atomic E-state index is 10.5. The smallest absolute Gasteiger partial charge is 0.155 e. The minimum atomic E-state index is 0.0110. The molecule has 0 aliphatic rings. The van der Waals surface area contributed by atoms with Gasteiger partial charge in [-0.05, 0) is 12.5 Å². The van der Waals surface area contributed by atoms with Gasteiger partial charge in [-0.2, -0.15) is 0 Å². The van der Waals surface area contributed by atoms with Crippen molar-refractivity contribution in [3.05, 3.63) is 12.7 Å². The second-order valence-corrected chi connectivity index (χ2v) is 1.73. The molecule has 0 atom stereocenters. The van der Waals surface area contributed by atoms with Gasteiger partial charge in [0.25, 0.3) is 0 Å². The zero-order chi connectivity index (χ0) is 7.11. The molecule has 50 valence electrons. The molecule has 9 heavy (non-hydrogen) atoms. The van der Waals surface area contributed by atoms with Crippen molar-refractivity contribution in [2.24, 2.45) is 0 Å². The molecule has 0 aliphatic carbocycles. The van der Waals surface area contributed by atoms with Gasteiger partial charge < -0.3 is 4.79 Å². The first kappa shape index (κ1) is 8.08. The number of hydrogen-bond acceptors (Lipinski definition) is 2. The van der Waals surface area contributed by atoms with E-state index in [2.05, 4.69) is 6.58 Å². The number of allylic oxidation sites excluding steroid dienone is 1. The Labute approximate surface area is 54.6 Å². The fourth-order valence-corrected chi connectivity index (χ4v) is 0.462. The minimum Gasteiger partial charge on any atom is -0.303 e. The highest BCUT2D eigenvalue weighted by Gasteiger charge is 1.92. The van der Waals surface area contributed by atoms with Crippen molar-refractivity contribution < 1.29 is 9.59 Å². The van der Waals surface area contributed by atoms with Gasteiger partial charge in [0.15, 0.2) is 5.78 Å². The lowest BCUT2D eigenvalue weighted by Crippen LogP contribution is -1.90. The molecule has 0 saturated carbocycles. The van der Waals surface area contributed by atoms with E-state index < -0.39 is 0 Å². The van der Waals surface area contributed by atoms with Crippen LogP contribution in [0.25, 0.3) is 0 Å². The van der Waals surface area contributed by atoms with Gasteiger partial charge in [0.1, 0.15) is 6.29 Å². The van der Waals surface area contributed by atoms with E-state index in [0.717, 1.165) is 6.29 Å². The maximum Gasteiger partial charge on any atom is 0.155 e. The summed E-state index contributed by atoms with van der Waals surface area (Å²) in [7, 11) is 0. The Bertz CT molecular complexity index is 116. The van der Waals surface area contributed by atoms with Crippen LogP contribution in [0.15, 0.2) is 12.7 Å². The first-order chi connectivity index (χ1) is 4.31. The van der Waals surface area contributed by atoms with Crippen molar-refractivity contribution in [1.29, 1.82) is 0 Å². The van der Waals surface area contributed by atoms with Crippen LogP contribution in [-0.2, 0) is 9.59 Å². The third kappa shape index (κ3) is 4.94. The van der Waals surface area contributed by atoms with Crippen LogP contribution in [0.3, 0.4) is 0 Å². The minimum absolute atomic E-state index is 0.0110. The van der Waals surface area contributed by atoms with Crippen LogP contribution in [0, 0.1) is 0 Å². The molecule has 0 aromatic carbocycles. The molecule has 0 bridgehead atoms. The Morgan fingerprint density at radius 2 is 2.22 bits per heavy atom. The molecule has 0 rings (SSSR count). The van der Waals surface area contributed by atoms with Gasteiger partial charge in [0.05, 0.1) is 0 Å². The summed E-state index contributed by atoms with van der Waals surface area (Å²) in [6, 6.07) is 0. The van der Waals surface area contributed by atoms with Crippen molar-refractivity contribution in [2.75, 3.05) is 0 Å². The summed E-state index contributed by atoms with van der Waals surface area (Å²) in [6.07, 6.45) is 3.66. The van der Waals surface area contributed by atoms with Gasteiger partial charge in [0.2, 0.25) is 0 Å². The third-order valence-corrected chi connectivity index (χ3v) is 0.973. The number of aldehydes is 1. The standard InChI is InChI=1S/C7H10O2/c1-2-7(9)5-3-4-6-8/h2,6H,1,3-5H2. The lowest BCUT2D eigenvalue weighted by Gasteiger charge is -1.87. The van der Waals surface area contributed by atoms with E-state index in [4.69, 9.17) is 0 Å². The average molecular weight is 126 g/mol. The molecular weight excluding hydrogens is 116 g/mol. The van der Waals surface area contributed by atoms with Crippen LogP contribution in [0.1, 0.15) is 19.3 Å². The summed E-state index contributed by atoms with van der Waals surface area (Å²) in [5.74, 6) is 0.0110. The summed E-state index contributed by atoms with van der Waals surface area (Å²) in [4.78, 5) is 20.2. The zero-order valence-corrected chi connectivity index (χ0v) is 5.30. The largest absolute Gasteiger partial charge is 0.303 e. The van der Waals surface area contributed by atoms with E-state index in [-0.39, 0.29) is 5.78 Å². The van der Waals surface area contributed by atoms with Crippen LogP contribution < -0.4 is 0 Å². The van der Waals surface area contributed by atoms with Gasteiger partial charge in [-0.15, -0.1) is 0 Å². The van der Waals surface area contributed by atoms with Crippen molar-refractivity contribution >= 4 is 12.1 Å². The molecule has 0 heterocycles. The number of carbonyl (C=O) groups excluding carboxylic acids is 2. The van der Waals surface area contributed by atoms with Crippen LogP contribution in [-0.4, -0.2) is 12.1 Å². The van der Waals surface area contributed by atoms with Gasteiger partial charge in [-0.25, -0.2) is 0 Å². The van der Waals surface area contributed by atoms with Crippen molar-refractivity contribution in [3.8, 4) is 0 Å². The topological polar surface area (TPSA) is 34.1 Å². The number of unbranched alkanes of at least 4 members (excludes halogenated alkanes) is 1. The van der Waals surface area contributed by atoms with E-state index in [0.29, 0.717) is 19.3 Å². The molecular formula is C7H10O2. The highest BCUT2D eigenvalue weighted by molar-refractivity contribution is 5.89. The number of carbonyl (C=O) groups is 2. The SMILES string of the molecule is C=CC(=O)CCCC=O. The van der Waals surface area contributed by atoms with Gasteiger partial charge in [0, 0.05) is 12.8 Å². The molecule has 0 fully saturated rings. The van der Waals surface area contributed by atoms with Gasteiger partial charge in [-0.1, -0.05) is 6.58 Å². The Balaban J connectivity index is 3.16. The molecule has 0 aromatic heterocycles. The van der Waals surface area contributed by atoms with Crippen LogP contribution in [0.5, 0.6) is 0 Å². The summed E-state index contributed by atoms with van der Waals surface area (Å²) < 4.78 is 0. The maximum absolute atomic E-state index is 10.5. The fraction of sp³-hybridized carbons (Fsp3) is 0.429. The number of rotatable bonds is 5. The normalized spacial score (nSPS) is 8.44. The lowest BCUT2D eigenvalue weighted by atomic mass is 10.2. The predicted molar refractivity (Wildman–Crippen MR) is 35.1 cm³/mol. The molecule has 0 amide bonds. The highest BCUT2D eigenvalue weighted by Crippen LogP contribution is 1.93. The molecule has 0 N–H and O–H groups in total. The molecule has 0 aliphatic heterocycles. The summed E-state index contributed by atoms with van der Waals surface area (Å²) >= 11 is 0. The number of ketones is 1. The third-order valence-electron chi connectivity index (χ3n) is 0.973. The number of hydrogen-bond donors (Lipinski definition) is 0. The molecule has 2 nitrogen and oxygen atoms in total. The lowest BCUT2D eigenvalue weighted by molar-refractivity contribution is -0.114. The van der Waals surface area contributed by atoms with Crippen molar-refractivity contribution in [2.45, 2.75) is 19.3 Å².